The van der Waals surface area contributed by atoms with E-state index in [4.69, 9.17) is 16.4 Å². The molecule has 0 atom stereocenters. The molecule has 138 valence electrons. The van der Waals surface area contributed by atoms with Gasteiger partial charge in [-0.2, -0.15) is 4.73 Å². The number of benzene rings is 2. The van der Waals surface area contributed by atoms with E-state index >= 15 is 0 Å². The topological polar surface area (TPSA) is 60.3 Å². The number of amides is 1. The van der Waals surface area contributed by atoms with E-state index in [9.17, 15) is 14.0 Å². The second kappa shape index (κ2) is 8.05. The average molecular weight is 387 g/mol. The number of aromatic nitrogens is 1. The molecule has 0 radical (unpaired) electrons. The molecule has 1 aromatic heterocycles. The third kappa shape index (κ3) is 4.54. The van der Waals surface area contributed by atoms with Crippen LogP contribution in [0.4, 0.5) is 10.1 Å². The first-order chi connectivity index (χ1) is 12.9. The van der Waals surface area contributed by atoms with Crippen LogP contribution in [0.25, 0.3) is 0 Å². The van der Waals surface area contributed by atoms with E-state index in [2.05, 4.69) is 5.32 Å². The lowest BCUT2D eigenvalue weighted by molar-refractivity contribution is 0.0863. The van der Waals surface area contributed by atoms with Gasteiger partial charge in [-0.1, -0.05) is 29.8 Å². The third-order valence-electron chi connectivity index (χ3n) is 3.87. The highest BCUT2D eigenvalue weighted by molar-refractivity contribution is 6.31. The molecular formula is C20H16ClFN2O3. The van der Waals surface area contributed by atoms with Gasteiger partial charge in [0.2, 0.25) is 0 Å². The number of rotatable bonds is 5. The Kier molecular flexibility index (Phi) is 5.57. The van der Waals surface area contributed by atoms with E-state index in [1.54, 1.807) is 30.3 Å². The molecule has 0 aliphatic carbocycles. The van der Waals surface area contributed by atoms with Crippen LogP contribution in [0, 0.1) is 12.7 Å². The van der Waals surface area contributed by atoms with Crippen molar-refractivity contribution >= 4 is 23.2 Å². The zero-order valence-electron chi connectivity index (χ0n) is 14.4. The fourth-order valence-electron chi connectivity index (χ4n) is 2.34. The van der Waals surface area contributed by atoms with Crippen molar-refractivity contribution in [2.24, 2.45) is 0 Å². The minimum absolute atomic E-state index is 0.0544. The van der Waals surface area contributed by atoms with Crippen molar-refractivity contribution in [1.29, 1.82) is 0 Å². The number of nitrogens with one attached hydrogen (secondary N) is 1. The molecule has 0 aliphatic heterocycles. The Morgan fingerprint density at radius 3 is 2.63 bits per heavy atom. The minimum Gasteiger partial charge on any atom is -0.406 e. The lowest BCUT2D eigenvalue weighted by Crippen LogP contribution is -2.32. The minimum atomic E-state index is -0.602. The summed E-state index contributed by atoms with van der Waals surface area (Å²) < 4.78 is 13.9. The molecule has 27 heavy (non-hydrogen) atoms. The molecule has 5 nitrogen and oxygen atoms in total. The summed E-state index contributed by atoms with van der Waals surface area (Å²) in [7, 11) is 0. The second-order valence-corrected chi connectivity index (χ2v) is 6.28. The fourth-order valence-corrected chi connectivity index (χ4v) is 2.52. The van der Waals surface area contributed by atoms with Crippen molar-refractivity contribution in [3.8, 4) is 0 Å². The van der Waals surface area contributed by atoms with Crippen LogP contribution in [-0.4, -0.2) is 10.6 Å². The van der Waals surface area contributed by atoms with Gasteiger partial charge in [-0.15, -0.1) is 0 Å². The standard InChI is InChI=1S/C20H16ClFN2O3/c1-13-4-9-16(11-18(13)21)23-19(25)17-3-2-10-24(20(17)26)27-12-14-5-7-15(22)8-6-14/h2-11H,12H2,1H3,(H,23,25). The number of anilines is 1. The summed E-state index contributed by atoms with van der Waals surface area (Å²) in [6.45, 7) is 1.90. The van der Waals surface area contributed by atoms with Gasteiger partial charge in [0, 0.05) is 16.9 Å². The van der Waals surface area contributed by atoms with Crippen LogP contribution in [0.15, 0.2) is 65.6 Å². The third-order valence-corrected chi connectivity index (χ3v) is 4.28. The number of aryl methyl sites for hydroxylation is 1. The SMILES string of the molecule is Cc1ccc(NC(=O)c2cccn(OCc3ccc(F)cc3)c2=O)cc1Cl. The number of carbonyl (C=O) groups excluding carboxylic acids is 1. The maximum absolute atomic E-state index is 12.9. The summed E-state index contributed by atoms with van der Waals surface area (Å²) in [5, 5.41) is 3.16. The van der Waals surface area contributed by atoms with Crippen LogP contribution in [0.2, 0.25) is 5.02 Å². The van der Waals surface area contributed by atoms with Crippen molar-refractivity contribution < 1.29 is 14.0 Å². The van der Waals surface area contributed by atoms with Crippen LogP contribution < -0.4 is 15.7 Å². The van der Waals surface area contributed by atoms with E-state index in [-0.39, 0.29) is 18.0 Å². The first kappa shape index (κ1) is 18.7. The Hall–Kier alpha value is -3.12. The number of carbonyl (C=O) groups is 1. The van der Waals surface area contributed by atoms with Gasteiger partial charge in [0.1, 0.15) is 18.0 Å². The number of hydrogen-bond acceptors (Lipinski definition) is 3. The van der Waals surface area contributed by atoms with Gasteiger partial charge in [0.25, 0.3) is 11.5 Å². The maximum Gasteiger partial charge on any atom is 0.295 e. The second-order valence-electron chi connectivity index (χ2n) is 5.87. The van der Waals surface area contributed by atoms with Crippen molar-refractivity contribution in [3.05, 3.63) is 98.7 Å². The molecule has 2 aromatic carbocycles. The quantitative estimate of drug-likeness (QED) is 0.725. The number of nitrogens with zero attached hydrogens (tertiary/aromatic N) is 1. The van der Waals surface area contributed by atoms with Crippen LogP contribution in [0.1, 0.15) is 21.5 Å². The van der Waals surface area contributed by atoms with E-state index in [1.165, 1.54) is 30.5 Å². The van der Waals surface area contributed by atoms with Gasteiger partial charge in [-0.3, -0.25) is 9.59 Å². The Morgan fingerprint density at radius 2 is 1.93 bits per heavy atom. The monoisotopic (exact) mass is 386 g/mol. The van der Waals surface area contributed by atoms with E-state index < -0.39 is 11.5 Å². The lowest BCUT2D eigenvalue weighted by atomic mass is 10.2. The first-order valence-electron chi connectivity index (χ1n) is 8.11. The Labute approximate surface area is 159 Å². The molecule has 0 bridgehead atoms. The summed E-state index contributed by atoms with van der Waals surface area (Å²) in [5.41, 5.74) is 1.37. The summed E-state index contributed by atoms with van der Waals surface area (Å²) in [6.07, 6.45) is 1.41. The molecule has 0 spiro atoms. The zero-order chi connectivity index (χ0) is 19.4. The molecule has 3 rings (SSSR count). The molecule has 1 amide bonds. The predicted octanol–water partition coefficient (Wildman–Crippen LogP) is 3.83. The Morgan fingerprint density at radius 1 is 1.19 bits per heavy atom. The van der Waals surface area contributed by atoms with Crippen molar-refractivity contribution in [1.82, 2.24) is 4.73 Å². The van der Waals surface area contributed by atoms with Crippen molar-refractivity contribution in [3.63, 3.8) is 0 Å². The molecule has 0 saturated heterocycles. The summed E-state index contributed by atoms with van der Waals surface area (Å²) in [4.78, 5) is 30.3. The van der Waals surface area contributed by atoms with Gasteiger partial charge in [0.05, 0.1) is 0 Å². The van der Waals surface area contributed by atoms with Gasteiger partial charge >= 0.3 is 0 Å². The molecule has 0 unspecified atom stereocenters. The largest absolute Gasteiger partial charge is 0.406 e. The maximum atomic E-state index is 12.9. The number of hydrogen-bond donors (Lipinski definition) is 1. The molecule has 0 saturated carbocycles. The highest BCUT2D eigenvalue weighted by Gasteiger charge is 2.13. The highest BCUT2D eigenvalue weighted by atomic mass is 35.5. The Balaban J connectivity index is 1.75. The average Bonchev–Trinajstić information content (AvgIpc) is 2.65. The van der Waals surface area contributed by atoms with Crippen molar-refractivity contribution in [2.45, 2.75) is 13.5 Å². The smallest absolute Gasteiger partial charge is 0.295 e. The van der Waals surface area contributed by atoms with Gasteiger partial charge in [-0.25, -0.2) is 4.39 Å². The summed E-state index contributed by atoms with van der Waals surface area (Å²) >= 11 is 6.05. The van der Waals surface area contributed by atoms with Crippen LogP contribution in [0.5, 0.6) is 0 Å². The van der Waals surface area contributed by atoms with Gasteiger partial charge in [0.15, 0.2) is 0 Å². The summed E-state index contributed by atoms with van der Waals surface area (Å²) in [5.74, 6) is -0.926. The van der Waals surface area contributed by atoms with Crippen LogP contribution in [0.3, 0.4) is 0 Å². The van der Waals surface area contributed by atoms with Gasteiger partial charge in [-0.05, 0) is 54.4 Å². The molecular weight excluding hydrogens is 371 g/mol. The molecule has 1 heterocycles. The molecule has 3 aromatic rings. The fraction of sp³-hybridized carbons (Fsp3) is 0.100. The van der Waals surface area contributed by atoms with E-state index in [0.717, 1.165) is 10.3 Å². The molecule has 1 N–H and O–H groups in total. The Bertz CT molecular complexity index is 1030. The van der Waals surface area contributed by atoms with Crippen molar-refractivity contribution in [2.75, 3.05) is 5.32 Å². The zero-order valence-corrected chi connectivity index (χ0v) is 15.2. The molecule has 7 heteroatoms. The normalized spacial score (nSPS) is 10.5. The highest BCUT2D eigenvalue weighted by Crippen LogP contribution is 2.20. The van der Waals surface area contributed by atoms with E-state index in [0.29, 0.717) is 16.3 Å². The first-order valence-corrected chi connectivity index (χ1v) is 8.49. The molecule has 0 fully saturated rings. The predicted molar refractivity (Wildman–Crippen MR) is 102 cm³/mol. The van der Waals surface area contributed by atoms with Crippen LogP contribution in [-0.2, 0) is 6.61 Å². The van der Waals surface area contributed by atoms with Gasteiger partial charge < -0.3 is 10.2 Å². The van der Waals surface area contributed by atoms with E-state index in [1.807, 2.05) is 6.92 Å². The number of pyridine rings is 1. The molecule has 0 aliphatic rings. The number of halogens is 2. The summed E-state index contributed by atoms with van der Waals surface area (Å²) in [6, 6.07) is 13.7. The lowest BCUT2D eigenvalue weighted by Gasteiger charge is -2.10. The van der Waals surface area contributed by atoms with Crippen LogP contribution >= 0.6 is 11.6 Å².